The standard InChI is InChI=1S/C21H21F3N2O2/c1-14(2)25-20(28)13-16-6-9-18(10-7-16)26-19(27)11-8-15-4-3-5-17(12-15)21(22,23)24/h3-12,14H,13H2,1-2H3,(H,25,28)(H,26,27)/b11-8+. The average Bonchev–Trinajstić information content (AvgIpc) is 2.60. The summed E-state index contributed by atoms with van der Waals surface area (Å²) in [5.74, 6) is -0.557. The van der Waals surface area contributed by atoms with Crippen LogP contribution in [-0.4, -0.2) is 17.9 Å². The van der Waals surface area contributed by atoms with E-state index in [2.05, 4.69) is 10.6 Å². The molecule has 2 aromatic carbocycles. The van der Waals surface area contributed by atoms with Crippen LogP contribution in [0, 0.1) is 0 Å². The van der Waals surface area contributed by atoms with Crippen LogP contribution in [0.3, 0.4) is 0 Å². The summed E-state index contributed by atoms with van der Waals surface area (Å²) in [5, 5.41) is 5.42. The molecule has 0 aliphatic heterocycles. The van der Waals surface area contributed by atoms with Crippen LogP contribution in [0.25, 0.3) is 6.08 Å². The summed E-state index contributed by atoms with van der Waals surface area (Å²) in [6.45, 7) is 3.76. The first-order chi connectivity index (χ1) is 13.1. The van der Waals surface area contributed by atoms with Crippen LogP contribution >= 0.6 is 0 Å². The van der Waals surface area contributed by atoms with Crippen LogP contribution in [0.5, 0.6) is 0 Å². The van der Waals surface area contributed by atoms with Gasteiger partial charge in [-0.3, -0.25) is 9.59 Å². The zero-order valence-electron chi connectivity index (χ0n) is 15.5. The molecule has 0 fully saturated rings. The summed E-state index contributed by atoms with van der Waals surface area (Å²) in [4.78, 5) is 23.7. The molecule has 0 heterocycles. The maximum Gasteiger partial charge on any atom is 0.416 e. The van der Waals surface area contributed by atoms with Crippen LogP contribution in [0.4, 0.5) is 18.9 Å². The molecule has 0 aromatic heterocycles. The predicted molar refractivity (Wildman–Crippen MR) is 103 cm³/mol. The van der Waals surface area contributed by atoms with E-state index in [-0.39, 0.29) is 23.9 Å². The molecule has 0 saturated carbocycles. The van der Waals surface area contributed by atoms with Crippen molar-refractivity contribution in [1.29, 1.82) is 0 Å². The Kier molecular flexibility index (Phi) is 6.98. The lowest BCUT2D eigenvalue weighted by Gasteiger charge is -2.09. The summed E-state index contributed by atoms with van der Waals surface area (Å²) in [5.41, 5.74) is 0.825. The molecular formula is C21H21F3N2O2. The monoisotopic (exact) mass is 390 g/mol. The van der Waals surface area contributed by atoms with E-state index < -0.39 is 17.6 Å². The highest BCUT2D eigenvalue weighted by atomic mass is 19.4. The van der Waals surface area contributed by atoms with Crippen LogP contribution in [0.15, 0.2) is 54.6 Å². The van der Waals surface area contributed by atoms with Gasteiger partial charge in [0.2, 0.25) is 11.8 Å². The lowest BCUT2D eigenvalue weighted by Crippen LogP contribution is -2.31. The highest BCUT2D eigenvalue weighted by Crippen LogP contribution is 2.29. The third kappa shape index (κ3) is 6.90. The number of anilines is 1. The zero-order chi connectivity index (χ0) is 20.7. The van der Waals surface area contributed by atoms with Gasteiger partial charge in [0.1, 0.15) is 0 Å². The number of rotatable bonds is 6. The van der Waals surface area contributed by atoms with Crippen LogP contribution in [0.1, 0.15) is 30.5 Å². The molecule has 0 atom stereocenters. The minimum atomic E-state index is -4.43. The molecule has 0 spiro atoms. The molecule has 0 unspecified atom stereocenters. The molecule has 148 valence electrons. The molecular weight excluding hydrogens is 369 g/mol. The van der Waals surface area contributed by atoms with Crippen molar-refractivity contribution in [2.24, 2.45) is 0 Å². The van der Waals surface area contributed by atoms with E-state index >= 15 is 0 Å². The van der Waals surface area contributed by atoms with E-state index in [0.29, 0.717) is 5.69 Å². The summed E-state index contributed by atoms with van der Waals surface area (Å²) >= 11 is 0. The van der Waals surface area contributed by atoms with Crippen molar-refractivity contribution in [3.8, 4) is 0 Å². The van der Waals surface area contributed by atoms with Crippen LogP contribution in [-0.2, 0) is 22.2 Å². The lowest BCUT2D eigenvalue weighted by molar-refractivity contribution is -0.137. The Balaban J connectivity index is 1.94. The average molecular weight is 390 g/mol. The van der Waals surface area contributed by atoms with Crippen LogP contribution < -0.4 is 10.6 Å². The number of hydrogen-bond donors (Lipinski definition) is 2. The number of alkyl halides is 3. The number of halogens is 3. The molecule has 2 amide bonds. The van der Waals surface area contributed by atoms with Crippen LogP contribution in [0.2, 0.25) is 0 Å². The first kappa shape index (κ1) is 21.2. The molecule has 2 rings (SSSR count). The van der Waals surface area contributed by atoms with Gasteiger partial charge in [-0.25, -0.2) is 0 Å². The van der Waals surface area contributed by atoms with Gasteiger partial charge < -0.3 is 10.6 Å². The number of carbonyl (C=O) groups excluding carboxylic acids is 2. The molecule has 0 radical (unpaired) electrons. The fourth-order valence-electron chi connectivity index (χ4n) is 2.44. The second-order valence-corrected chi connectivity index (χ2v) is 6.54. The van der Waals surface area contributed by atoms with Crippen molar-refractivity contribution in [3.63, 3.8) is 0 Å². The third-order valence-corrected chi connectivity index (χ3v) is 3.68. The largest absolute Gasteiger partial charge is 0.416 e. The Labute approximate surface area is 161 Å². The fourth-order valence-corrected chi connectivity index (χ4v) is 2.44. The minimum absolute atomic E-state index is 0.0645. The van der Waals surface area contributed by atoms with E-state index in [1.165, 1.54) is 24.3 Å². The molecule has 0 aliphatic carbocycles. The first-order valence-electron chi connectivity index (χ1n) is 8.68. The fraction of sp³-hybridized carbons (Fsp3) is 0.238. The zero-order valence-corrected chi connectivity index (χ0v) is 15.5. The molecule has 0 bridgehead atoms. The number of benzene rings is 2. The van der Waals surface area contributed by atoms with Crippen molar-refractivity contribution >= 4 is 23.6 Å². The Hall–Kier alpha value is -3.09. The van der Waals surface area contributed by atoms with Gasteiger partial charge in [0.25, 0.3) is 0 Å². The topological polar surface area (TPSA) is 58.2 Å². The smallest absolute Gasteiger partial charge is 0.354 e. The summed E-state index contributed by atoms with van der Waals surface area (Å²) in [7, 11) is 0. The Bertz CT molecular complexity index is 857. The van der Waals surface area contributed by atoms with Gasteiger partial charge in [-0.15, -0.1) is 0 Å². The predicted octanol–water partition coefficient (Wildman–Crippen LogP) is 4.42. The van der Waals surface area contributed by atoms with Crippen molar-refractivity contribution in [3.05, 3.63) is 71.3 Å². The quantitative estimate of drug-likeness (QED) is 0.717. The van der Waals surface area contributed by atoms with Gasteiger partial charge >= 0.3 is 6.18 Å². The lowest BCUT2D eigenvalue weighted by atomic mass is 10.1. The number of nitrogens with one attached hydrogen (secondary N) is 2. The number of amides is 2. The Morgan fingerprint density at radius 2 is 1.75 bits per heavy atom. The molecule has 28 heavy (non-hydrogen) atoms. The third-order valence-electron chi connectivity index (χ3n) is 3.68. The van der Waals surface area contributed by atoms with E-state index in [1.807, 2.05) is 13.8 Å². The van der Waals surface area contributed by atoms with Gasteiger partial charge in [0, 0.05) is 17.8 Å². The molecule has 7 heteroatoms. The number of carbonyl (C=O) groups is 2. The maximum atomic E-state index is 12.7. The van der Waals surface area contributed by atoms with Gasteiger partial charge in [0.05, 0.1) is 12.0 Å². The van der Waals surface area contributed by atoms with Gasteiger partial charge in [-0.2, -0.15) is 13.2 Å². The van der Waals surface area contributed by atoms with E-state index in [4.69, 9.17) is 0 Å². The Morgan fingerprint density at radius 3 is 2.36 bits per heavy atom. The summed E-state index contributed by atoms with van der Waals surface area (Å²) < 4.78 is 38.1. The first-order valence-corrected chi connectivity index (χ1v) is 8.68. The minimum Gasteiger partial charge on any atom is -0.354 e. The van der Waals surface area contributed by atoms with Crippen molar-refractivity contribution in [1.82, 2.24) is 5.32 Å². The van der Waals surface area contributed by atoms with Crippen molar-refractivity contribution in [2.75, 3.05) is 5.32 Å². The molecule has 0 saturated heterocycles. The van der Waals surface area contributed by atoms with Gasteiger partial charge in [-0.05, 0) is 55.3 Å². The van der Waals surface area contributed by atoms with E-state index in [1.54, 1.807) is 24.3 Å². The highest BCUT2D eigenvalue weighted by molar-refractivity contribution is 6.01. The van der Waals surface area contributed by atoms with E-state index in [9.17, 15) is 22.8 Å². The van der Waals surface area contributed by atoms with Gasteiger partial charge in [-0.1, -0.05) is 24.3 Å². The normalized spacial score (nSPS) is 11.6. The van der Waals surface area contributed by atoms with Crippen molar-refractivity contribution < 1.29 is 22.8 Å². The van der Waals surface area contributed by atoms with E-state index in [0.717, 1.165) is 17.7 Å². The number of hydrogen-bond acceptors (Lipinski definition) is 2. The van der Waals surface area contributed by atoms with Gasteiger partial charge in [0.15, 0.2) is 0 Å². The second-order valence-electron chi connectivity index (χ2n) is 6.54. The SMILES string of the molecule is CC(C)NC(=O)Cc1ccc(NC(=O)/C=C/c2cccc(C(F)(F)F)c2)cc1. The second kappa shape index (κ2) is 9.21. The molecule has 2 aromatic rings. The molecule has 4 nitrogen and oxygen atoms in total. The van der Waals surface area contributed by atoms with Crippen molar-refractivity contribution in [2.45, 2.75) is 32.5 Å². The summed E-state index contributed by atoms with van der Waals surface area (Å²) in [6, 6.07) is 11.6. The molecule has 0 aliphatic rings. The molecule has 2 N–H and O–H groups in total. The highest BCUT2D eigenvalue weighted by Gasteiger charge is 2.30. The maximum absolute atomic E-state index is 12.7. The summed E-state index contributed by atoms with van der Waals surface area (Å²) in [6.07, 6.45) is -1.71. The Morgan fingerprint density at radius 1 is 1.07 bits per heavy atom.